The van der Waals surface area contributed by atoms with E-state index >= 15 is 0 Å². The number of hydrogen-bond donors (Lipinski definition) is 1. The van der Waals surface area contributed by atoms with E-state index in [9.17, 15) is 54.2 Å². The minimum Gasteiger partial charge on any atom is -0.493 e. The Morgan fingerprint density at radius 3 is 2.16 bits per heavy atom. The lowest BCUT2D eigenvalue weighted by atomic mass is 10.0. The van der Waals surface area contributed by atoms with E-state index in [1.165, 1.54) is 6.07 Å². The number of alkyl halides is 9. The van der Waals surface area contributed by atoms with E-state index in [4.69, 9.17) is 0 Å². The standard InChI is InChI=1S/C22H14F9N3O3/c23-19(24,20(25,26)21(27,28)22(29,30)31)17(36)32-9-11-8-14(32)15-16(35)34(18(37)33(11)15)13-7-3-5-10-4-1-2-6-12(10)13/h1-7,11,14,35H,8-9H2/t11-,14?/m1/s1. The molecule has 2 aliphatic rings. The summed E-state index contributed by atoms with van der Waals surface area (Å²) >= 11 is 0. The van der Waals surface area contributed by atoms with Crippen LogP contribution in [-0.2, 0) is 4.79 Å². The first-order valence-corrected chi connectivity index (χ1v) is 10.6. The number of aromatic hydroxyl groups is 1. The highest BCUT2D eigenvalue weighted by molar-refractivity contribution is 5.90. The third kappa shape index (κ3) is 3.08. The summed E-state index contributed by atoms with van der Waals surface area (Å²) in [7, 11) is 0. The summed E-state index contributed by atoms with van der Waals surface area (Å²) < 4.78 is 122. The zero-order valence-electron chi connectivity index (χ0n) is 18.1. The lowest BCUT2D eigenvalue weighted by Crippen LogP contribution is -2.65. The monoisotopic (exact) mass is 539 g/mol. The first-order valence-electron chi connectivity index (χ1n) is 10.6. The van der Waals surface area contributed by atoms with Gasteiger partial charge in [0.05, 0.1) is 17.8 Å². The highest BCUT2D eigenvalue weighted by atomic mass is 19.4. The van der Waals surface area contributed by atoms with Crippen LogP contribution in [-0.4, -0.2) is 55.5 Å². The Labute approximate surface area is 200 Å². The van der Waals surface area contributed by atoms with Crippen molar-refractivity contribution in [3.8, 4) is 11.6 Å². The molecule has 1 aromatic heterocycles. The molecule has 0 spiro atoms. The number of imidazole rings is 1. The second-order valence-electron chi connectivity index (χ2n) is 8.78. The number of benzene rings is 2. The molecule has 15 heteroatoms. The van der Waals surface area contributed by atoms with Gasteiger partial charge < -0.3 is 10.0 Å². The first-order chi connectivity index (χ1) is 17.0. The van der Waals surface area contributed by atoms with Gasteiger partial charge in [-0.05, 0) is 17.9 Å². The Balaban J connectivity index is 1.56. The number of carbonyl (C=O) groups is 1. The van der Waals surface area contributed by atoms with Crippen molar-refractivity contribution in [2.45, 2.75) is 42.4 Å². The van der Waals surface area contributed by atoms with Crippen molar-refractivity contribution in [3.63, 3.8) is 0 Å². The summed E-state index contributed by atoms with van der Waals surface area (Å²) in [5, 5.41) is 12.0. The molecule has 1 fully saturated rings. The van der Waals surface area contributed by atoms with Crippen LogP contribution in [0.15, 0.2) is 47.3 Å². The average Bonchev–Trinajstić information content (AvgIpc) is 3.48. The summed E-state index contributed by atoms with van der Waals surface area (Å²) in [6, 6.07) is 8.61. The van der Waals surface area contributed by atoms with Gasteiger partial charge in [0.2, 0.25) is 5.88 Å². The number of nitrogens with zero attached hydrogens (tertiary/aromatic N) is 3. The van der Waals surface area contributed by atoms with Crippen molar-refractivity contribution >= 4 is 16.7 Å². The van der Waals surface area contributed by atoms with Crippen LogP contribution in [0, 0.1) is 0 Å². The van der Waals surface area contributed by atoms with E-state index in [-0.39, 0.29) is 17.0 Å². The van der Waals surface area contributed by atoms with Crippen LogP contribution in [0.25, 0.3) is 16.5 Å². The summed E-state index contributed by atoms with van der Waals surface area (Å²) in [4.78, 5) is 25.5. The molecule has 1 N–H and O–H groups in total. The molecule has 2 aromatic carbocycles. The molecule has 0 radical (unpaired) electrons. The summed E-state index contributed by atoms with van der Waals surface area (Å²) in [6.07, 6.45) is -7.39. The van der Waals surface area contributed by atoms with E-state index < -0.39 is 65.7 Å². The van der Waals surface area contributed by atoms with Gasteiger partial charge in [-0.3, -0.25) is 9.36 Å². The minimum atomic E-state index is -7.22. The molecule has 37 heavy (non-hydrogen) atoms. The second-order valence-corrected chi connectivity index (χ2v) is 8.78. The van der Waals surface area contributed by atoms with Gasteiger partial charge in [-0.15, -0.1) is 0 Å². The molecular weight excluding hydrogens is 525 g/mol. The van der Waals surface area contributed by atoms with Gasteiger partial charge in [0, 0.05) is 11.9 Å². The fourth-order valence-electron chi connectivity index (χ4n) is 4.98. The fourth-order valence-corrected chi connectivity index (χ4v) is 4.98. The Kier molecular flexibility index (Phi) is 5.03. The zero-order chi connectivity index (χ0) is 27.3. The summed E-state index contributed by atoms with van der Waals surface area (Å²) in [6.45, 7) is -0.849. The maximum atomic E-state index is 14.3. The Morgan fingerprint density at radius 1 is 0.892 bits per heavy atom. The SMILES string of the molecule is O=C(N1C[C@H]2CC1c1c(O)n(-c3cccc4ccccc34)c(=O)n12)C(F)(F)C(F)(F)C(F)(F)C(F)(F)F. The van der Waals surface area contributed by atoms with Gasteiger partial charge in [0.15, 0.2) is 0 Å². The van der Waals surface area contributed by atoms with Gasteiger partial charge in [0.25, 0.3) is 0 Å². The molecule has 5 rings (SSSR count). The fraction of sp³-hybridized carbons (Fsp3) is 0.364. The van der Waals surface area contributed by atoms with Crippen molar-refractivity contribution in [1.82, 2.24) is 14.0 Å². The van der Waals surface area contributed by atoms with Crippen molar-refractivity contribution in [2.75, 3.05) is 6.54 Å². The molecule has 2 bridgehead atoms. The van der Waals surface area contributed by atoms with Crippen LogP contribution in [0.4, 0.5) is 39.5 Å². The van der Waals surface area contributed by atoms with E-state index in [0.29, 0.717) is 10.8 Å². The van der Waals surface area contributed by atoms with Crippen LogP contribution in [0.3, 0.4) is 0 Å². The predicted octanol–water partition coefficient (Wildman–Crippen LogP) is 4.79. The van der Waals surface area contributed by atoms with E-state index in [1.807, 2.05) is 0 Å². The number of carbonyl (C=O) groups excluding carboxylic acids is 1. The topological polar surface area (TPSA) is 67.5 Å². The molecule has 2 aliphatic heterocycles. The molecule has 0 saturated carbocycles. The molecule has 1 saturated heterocycles. The highest BCUT2D eigenvalue weighted by Gasteiger charge is 2.84. The maximum Gasteiger partial charge on any atom is 0.460 e. The molecule has 1 unspecified atom stereocenters. The summed E-state index contributed by atoms with van der Waals surface area (Å²) in [5.41, 5.74) is -1.10. The molecule has 0 aliphatic carbocycles. The van der Waals surface area contributed by atoms with Gasteiger partial charge in [-0.25, -0.2) is 9.36 Å². The third-order valence-electron chi connectivity index (χ3n) is 6.74. The zero-order valence-corrected chi connectivity index (χ0v) is 18.1. The van der Waals surface area contributed by atoms with Crippen molar-refractivity contribution in [2.24, 2.45) is 0 Å². The molecule has 198 valence electrons. The lowest BCUT2D eigenvalue weighted by Gasteiger charge is -2.36. The van der Waals surface area contributed by atoms with Gasteiger partial charge in [0.1, 0.15) is 5.69 Å². The highest BCUT2D eigenvalue weighted by Crippen LogP contribution is 2.56. The number of halogens is 9. The number of rotatable bonds is 4. The Bertz CT molecular complexity index is 1490. The van der Waals surface area contributed by atoms with Crippen LogP contribution in [0.1, 0.15) is 24.2 Å². The lowest BCUT2D eigenvalue weighted by molar-refractivity contribution is -0.389. The molecule has 1 amide bonds. The number of likely N-dealkylation sites (tertiary alicyclic amines) is 1. The molecule has 6 nitrogen and oxygen atoms in total. The smallest absolute Gasteiger partial charge is 0.460 e. The number of hydrogen-bond acceptors (Lipinski definition) is 3. The van der Waals surface area contributed by atoms with Crippen LogP contribution in [0.2, 0.25) is 0 Å². The number of fused-ring (bicyclic) bond motifs is 6. The molecule has 2 atom stereocenters. The number of amides is 1. The minimum absolute atomic E-state index is 0.00698. The predicted molar refractivity (Wildman–Crippen MR) is 108 cm³/mol. The quantitative estimate of drug-likeness (QED) is 0.485. The third-order valence-corrected chi connectivity index (χ3v) is 6.74. The normalized spacial score (nSPS) is 20.1. The average molecular weight is 539 g/mol. The van der Waals surface area contributed by atoms with E-state index in [0.717, 1.165) is 9.13 Å². The molecular formula is C22H14F9N3O3. The van der Waals surface area contributed by atoms with Crippen molar-refractivity contribution in [1.29, 1.82) is 0 Å². The Morgan fingerprint density at radius 2 is 1.51 bits per heavy atom. The van der Waals surface area contributed by atoms with Crippen molar-refractivity contribution < 1.29 is 49.4 Å². The first kappa shape index (κ1) is 25.0. The molecule has 3 aromatic rings. The van der Waals surface area contributed by atoms with Crippen LogP contribution < -0.4 is 5.69 Å². The van der Waals surface area contributed by atoms with Gasteiger partial charge in [-0.2, -0.15) is 39.5 Å². The summed E-state index contributed by atoms with van der Waals surface area (Å²) in [5.74, 6) is -24.6. The van der Waals surface area contributed by atoms with Gasteiger partial charge in [-0.1, -0.05) is 36.4 Å². The van der Waals surface area contributed by atoms with Crippen LogP contribution in [0.5, 0.6) is 5.88 Å². The number of aromatic nitrogens is 2. The molecule has 3 heterocycles. The van der Waals surface area contributed by atoms with Crippen molar-refractivity contribution in [3.05, 3.63) is 58.6 Å². The van der Waals surface area contributed by atoms with E-state index in [1.54, 1.807) is 36.4 Å². The Hall–Kier alpha value is -3.65. The second kappa shape index (κ2) is 7.44. The van der Waals surface area contributed by atoms with Crippen LogP contribution >= 0.6 is 0 Å². The van der Waals surface area contributed by atoms with E-state index in [2.05, 4.69) is 0 Å². The van der Waals surface area contributed by atoms with Gasteiger partial charge >= 0.3 is 35.5 Å². The largest absolute Gasteiger partial charge is 0.493 e. The maximum absolute atomic E-state index is 14.3.